The lowest BCUT2D eigenvalue weighted by Crippen LogP contribution is -2.04. The summed E-state index contributed by atoms with van der Waals surface area (Å²) in [7, 11) is 1.66. The maximum Gasteiger partial charge on any atom is 0.133 e. The topological polar surface area (TPSA) is 31.6 Å². The van der Waals surface area contributed by atoms with E-state index >= 15 is 0 Å². The first-order valence-corrected chi connectivity index (χ1v) is 7.94. The van der Waals surface area contributed by atoms with Crippen molar-refractivity contribution in [3.63, 3.8) is 0 Å². The molecular formula is C15H16Br2O3. The first kappa shape index (κ1) is 15.6. The van der Waals surface area contributed by atoms with Gasteiger partial charge < -0.3 is 13.9 Å². The monoisotopic (exact) mass is 402 g/mol. The van der Waals surface area contributed by atoms with Gasteiger partial charge in [-0.2, -0.15) is 0 Å². The van der Waals surface area contributed by atoms with Crippen LogP contribution in [0.4, 0.5) is 0 Å². The molecule has 0 saturated carbocycles. The number of halogens is 2. The van der Waals surface area contributed by atoms with E-state index in [1.807, 2.05) is 37.3 Å². The fourth-order valence-corrected chi connectivity index (χ4v) is 2.82. The zero-order valence-corrected chi connectivity index (χ0v) is 14.5. The van der Waals surface area contributed by atoms with Gasteiger partial charge in [0.25, 0.3) is 0 Å². The van der Waals surface area contributed by atoms with Gasteiger partial charge in [-0.25, -0.2) is 0 Å². The van der Waals surface area contributed by atoms with Crippen LogP contribution < -0.4 is 4.74 Å². The Morgan fingerprint density at radius 3 is 2.60 bits per heavy atom. The van der Waals surface area contributed by atoms with Crippen LogP contribution >= 0.6 is 31.9 Å². The van der Waals surface area contributed by atoms with E-state index in [4.69, 9.17) is 13.9 Å². The molecule has 1 heterocycles. The number of ether oxygens (including phenoxy) is 2. The molecule has 5 heteroatoms. The summed E-state index contributed by atoms with van der Waals surface area (Å²) in [5.74, 6) is 2.60. The second kappa shape index (κ2) is 7.29. The van der Waals surface area contributed by atoms with E-state index in [9.17, 15) is 0 Å². The maximum absolute atomic E-state index is 5.64. The standard InChI is InChI=1S/C15H16Br2O3/c1-10-3-5-14(20-10)15(17)11-4-6-13(12(16)9-11)19-8-7-18-2/h3-6,9,15H,7-8H2,1-2H3. The van der Waals surface area contributed by atoms with Crippen molar-refractivity contribution < 1.29 is 13.9 Å². The molecule has 2 aromatic rings. The summed E-state index contributed by atoms with van der Waals surface area (Å²) in [4.78, 5) is 0.0283. The molecule has 0 aliphatic carbocycles. The van der Waals surface area contributed by atoms with Gasteiger partial charge in [-0.1, -0.05) is 22.0 Å². The van der Waals surface area contributed by atoms with E-state index in [0.717, 1.165) is 27.3 Å². The predicted molar refractivity (Wildman–Crippen MR) is 85.7 cm³/mol. The van der Waals surface area contributed by atoms with Crippen molar-refractivity contribution in [2.45, 2.75) is 11.8 Å². The summed E-state index contributed by atoms with van der Waals surface area (Å²) in [5.41, 5.74) is 1.10. The summed E-state index contributed by atoms with van der Waals surface area (Å²) in [6.07, 6.45) is 0. The third-order valence-electron chi connectivity index (χ3n) is 2.80. The molecule has 2 rings (SSSR count). The lowest BCUT2D eigenvalue weighted by atomic mass is 10.1. The molecule has 0 bridgehead atoms. The summed E-state index contributed by atoms with van der Waals surface area (Å²) < 4.78 is 17.1. The molecule has 1 aromatic heterocycles. The highest BCUT2D eigenvalue weighted by atomic mass is 79.9. The van der Waals surface area contributed by atoms with Crippen molar-refractivity contribution in [2.24, 2.45) is 0 Å². The number of hydrogen-bond donors (Lipinski definition) is 0. The molecule has 0 spiro atoms. The maximum atomic E-state index is 5.64. The first-order chi connectivity index (χ1) is 9.61. The highest BCUT2D eigenvalue weighted by Gasteiger charge is 2.15. The summed E-state index contributed by atoms with van der Waals surface area (Å²) in [6.45, 7) is 3.04. The number of aryl methyl sites for hydroxylation is 1. The van der Waals surface area contributed by atoms with E-state index < -0.39 is 0 Å². The molecular weight excluding hydrogens is 388 g/mol. The van der Waals surface area contributed by atoms with Gasteiger partial charge in [0.15, 0.2) is 0 Å². The van der Waals surface area contributed by atoms with Crippen molar-refractivity contribution in [3.05, 3.63) is 51.9 Å². The number of furan rings is 1. The predicted octanol–water partition coefficient (Wildman–Crippen LogP) is 4.86. The van der Waals surface area contributed by atoms with Gasteiger partial charge in [-0.3, -0.25) is 0 Å². The number of hydrogen-bond acceptors (Lipinski definition) is 3. The van der Waals surface area contributed by atoms with Crippen molar-refractivity contribution in [1.29, 1.82) is 0 Å². The highest BCUT2D eigenvalue weighted by Crippen LogP contribution is 2.36. The lowest BCUT2D eigenvalue weighted by molar-refractivity contribution is 0.146. The molecule has 20 heavy (non-hydrogen) atoms. The Balaban J connectivity index is 2.12. The minimum atomic E-state index is 0.0283. The van der Waals surface area contributed by atoms with Crippen LogP contribution in [-0.4, -0.2) is 20.3 Å². The zero-order chi connectivity index (χ0) is 14.5. The Bertz CT molecular complexity index is 566. The molecule has 1 unspecified atom stereocenters. The van der Waals surface area contributed by atoms with Gasteiger partial charge in [-0.15, -0.1) is 0 Å². The second-order valence-electron chi connectivity index (χ2n) is 4.34. The number of alkyl halides is 1. The Hall–Kier alpha value is -0.780. The van der Waals surface area contributed by atoms with Gasteiger partial charge >= 0.3 is 0 Å². The Kier molecular flexibility index (Phi) is 5.69. The Labute approximate surface area is 135 Å². The van der Waals surface area contributed by atoms with E-state index in [0.29, 0.717) is 13.2 Å². The highest BCUT2D eigenvalue weighted by molar-refractivity contribution is 9.10. The average Bonchev–Trinajstić information content (AvgIpc) is 2.86. The molecule has 1 atom stereocenters. The van der Waals surface area contributed by atoms with E-state index in [1.54, 1.807) is 7.11 Å². The third kappa shape index (κ3) is 3.87. The van der Waals surface area contributed by atoms with Crippen molar-refractivity contribution >= 4 is 31.9 Å². The van der Waals surface area contributed by atoms with Gasteiger partial charge in [0.1, 0.15) is 23.9 Å². The normalized spacial score (nSPS) is 12.4. The fraction of sp³-hybridized carbons (Fsp3) is 0.333. The van der Waals surface area contributed by atoms with Crippen LogP contribution in [0.1, 0.15) is 21.9 Å². The van der Waals surface area contributed by atoms with Gasteiger partial charge in [0, 0.05) is 7.11 Å². The van der Waals surface area contributed by atoms with Crippen LogP contribution in [0.5, 0.6) is 5.75 Å². The summed E-state index contributed by atoms with van der Waals surface area (Å²) in [5, 5.41) is 0. The van der Waals surface area contributed by atoms with Gasteiger partial charge in [0.2, 0.25) is 0 Å². The van der Waals surface area contributed by atoms with Crippen LogP contribution in [-0.2, 0) is 4.74 Å². The fourth-order valence-electron chi connectivity index (χ4n) is 1.78. The molecule has 0 aliphatic heterocycles. The molecule has 0 fully saturated rings. The zero-order valence-electron chi connectivity index (χ0n) is 11.4. The number of methoxy groups -OCH3 is 1. The Morgan fingerprint density at radius 2 is 2.00 bits per heavy atom. The Morgan fingerprint density at radius 1 is 1.20 bits per heavy atom. The molecule has 0 amide bonds. The minimum Gasteiger partial charge on any atom is -0.490 e. The molecule has 108 valence electrons. The van der Waals surface area contributed by atoms with Crippen LogP contribution in [0.3, 0.4) is 0 Å². The lowest BCUT2D eigenvalue weighted by Gasteiger charge is -2.12. The van der Waals surface area contributed by atoms with Crippen LogP contribution in [0.2, 0.25) is 0 Å². The quantitative estimate of drug-likeness (QED) is 0.509. The summed E-state index contributed by atoms with van der Waals surface area (Å²) >= 11 is 7.18. The minimum absolute atomic E-state index is 0.0283. The van der Waals surface area contributed by atoms with Crippen molar-refractivity contribution in [3.8, 4) is 5.75 Å². The summed E-state index contributed by atoms with van der Waals surface area (Å²) in [6, 6.07) is 9.93. The molecule has 3 nitrogen and oxygen atoms in total. The van der Waals surface area contributed by atoms with Crippen molar-refractivity contribution in [2.75, 3.05) is 20.3 Å². The number of benzene rings is 1. The van der Waals surface area contributed by atoms with Gasteiger partial charge in [-0.05, 0) is 52.7 Å². The average molecular weight is 404 g/mol. The molecule has 0 radical (unpaired) electrons. The second-order valence-corrected chi connectivity index (χ2v) is 6.11. The van der Waals surface area contributed by atoms with Crippen molar-refractivity contribution in [1.82, 2.24) is 0 Å². The smallest absolute Gasteiger partial charge is 0.133 e. The first-order valence-electron chi connectivity index (χ1n) is 6.23. The van der Waals surface area contributed by atoms with E-state index in [-0.39, 0.29) is 4.83 Å². The molecule has 0 saturated heterocycles. The number of rotatable bonds is 6. The molecule has 0 N–H and O–H groups in total. The van der Waals surface area contributed by atoms with Crippen LogP contribution in [0.15, 0.2) is 39.2 Å². The molecule has 0 aliphatic rings. The SMILES string of the molecule is COCCOc1ccc(C(Br)c2ccc(C)o2)cc1Br. The third-order valence-corrected chi connectivity index (χ3v) is 4.40. The van der Waals surface area contributed by atoms with E-state index in [1.165, 1.54) is 0 Å². The van der Waals surface area contributed by atoms with Crippen LogP contribution in [0.25, 0.3) is 0 Å². The van der Waals surface area contributed by atoms with Gasteiger partial charge in [0.05, 0.1) is 15.9 Å². The molecule has 1 aromatic carbocycles. The van der Waals surface area contributed by atoms with Crippen LogP contribution in [0, 0.1) is 6.92 Å². The van der Waals surface area contributed by atoms with E-state index in [2.05, 4.69) is 31.9 Å². The largest absolute Gasteiger partial charge is 0.490 e.